The van der Waals surface area contributed by atoms with Crippen LogP contribution in [-0.4, -0.2) is 24.7 Å². The van der Waals surface area contributed by atoms with Gasteiger partial charge in [-0.3, -0.25) is 0 Å². The summed E-state index contributed by atoms with van der Waals surface area (Å²) in [6, 6.07) is 13.7. The van der Waals surface area contributed by atoms with E-state index in [0.717, 1.165) is 0 Å². The van der Waals surface area contributed by atoms with Crippen molar-refractivity contribution in [2.45, 2.75) is 12.5 Å². The Morgan fingerprint density at radius 1 is 1.00 bits per heavy atom. The van der Waals surface area contributed by atoms with Crippen LogP contribution in [0.1, 0.15) is 22.4 Å². The number of benzene rings is 2. The molecule has 2 heterocycles. The van der Waals surface area contributed by atoms with E-state index in [-0.39, 0.29) is 0 Å². The Labute approximate surface area is 176 Å². The lowest BCUT2D eigenvalue weighted by Crippen LogP contribution is -2.25. The van der Waals surface area contributed by atoms with Crippen LogP contribution in [0.4, 0.5) is 5.82 Å². The number of halogens is 2. The molecule has 0 bridgehead atoms. The summed E-state index contributed by atoms with van der Waals surface area (Å²) in [7, 11) is 0. The molecule has 0 saturated carbocycles. The van der Waals surface area contributed by atoms with Gasteiger partial charge in [0, 0.05) is 21.2 Å². The van der Waals surface area contributed by atoms with Crippen LogP contribution in [0, 0.1) is 18.8 Å². The molecule has 0 aliphatic rings. The highest BCUT2D eigenvalue weighted by Gasteiger charge is 2.29. The van der Waals surface area contributed by atoms with Gasteiger partial charge in [0.1, 0.15) is 12.1 Å². The Kier molecular flexibility index (Phi) is 4.89. The molecule has 8 heteroatoms. The minimum absolute atomic E-state index is 0.298. The third-order valence-electron chi connectivity index (χ3n) is 4.54. The number of aliphatic hydroxyl groups is 1. The van der Waals surface area contributed by atoms with Crippen molar-refractivity contribution < 1.29 is 5.11 Å². The SMILES string of the molecule is Cc1nc2ncnn2c(N)c1C#CC(O)(c1ccc(Cl)cc1)c1ccc(Cl)cc1. The number of hydrogen-bond acceptors (Lipinski definition) is 5. The van der Waals surface area contributed by atoms with Crippen molar-refractivity contribution in [3.05, 3.63) is 87.3 Å². The van der Waals surface area contributed by atoms with Gasteiger partial charge in [-0.2, -0.15) is 14.6 Å². The number of nitrogen functional groups attached to an aromatic ring is 1. The third-order valence-corrected chi connectivity index (χ3v) is 5.04. The second kappa shape index (κ2) is 7.37. The maximum Gasteiger partial charge on any atom is 0.254 e. The molecule has 29 heavy (non-hydrogen) atoms. The zero-order valence-electron chi connectivity index (χ0n) is 15.3. The monoisotopic (exact) mass is 423 g/mol. The van der Waals surface area contributed by atoms with Gasteiger partial charge in [0.15, 0.2) is 5.60 Å². The van der Waals surface area contributed by atoms with Gasteiger partial charge in [-0.15, -0.1) is 0 Å². The van der Waals surface area contributed by atoms with Crippen LogP contribution in [0.3, 0.4) is 0 Å². The molecule has 2 aromatic heterocycles. The van der Waals surface area contributed by atoms with Gasteiger partial charge in [-0.25, -0.2) is 4.98 Å². The molecular formula is C21H15Cl2N5O. The van der Waals surface area contributed by atoms with E-state index in [0.29, 0.717) is 44.0 Å². The number of nitrogens with zero attached hydrogens (tertiary/aromatic N) is 4. The molecule has 0 radical (unpaired) electrons. The Morgan fingerprint density at radius 3 is 2.10 bits per heavy atom. The van der Waals surface area contributed by atoms with Crippen molar-refractivity contribution in [1.82, 2.24) is 19.6 Å². The first-order valence-electron chi connectivity index (χ1n) is 8.62. The molecule has 0 aliphatic carbocycles. The van der Waals surface area contributed by atoms with Gasteiger partial charge >= 0.3 is 0 Å². The lowest BCUT2D eigenvalue weighted by Gasteiger charge is -2.24. The summed E-state index contributed by atoms with van der Waals surface area (Å²) < 4.78 is 1.40. The maximum absolute atomic E-state index is 11.6. The van der Waals surface area contributed by atoms with Crippen molar-refractivity contribution >= 4 is 34.8 Å². The van der Waals surface area contributed by atoms with Crippen LogP contribution in [0.5, 0.6) is 0 Å². The minimum atomic E-state index is -1.62. The van der Waals surface area contributed by atoms with E-state index in [1.165, 1.54) is 10.8 Å². The molecule has 0 amide bonds. The van der Waals surface area contributed by atoms with E-state index in [9.17, 15) is 5.11 Å². The number of fused-ring (bicyclic) bond motifs is 1. The molecule has 144 valence electrons. The van der Waals surface area contributed by atoms with Crippen LogP contribution in [0.25, 0.3) is 5.78 Å². The smallest absolute Gasteiger partial charge is 0.254 e. The van der Waals surface area contributed by atoms with Crippen LogP contribution >= 0.6 is 23.2 Å². The molecule has 6 nitrogen and oxygen atoms in total. The van der Waals surface area contributed by atoms with E-state index < -0.39 is 5.60 Å². The molecule has 0 saturated heterocycles. The van der Waals surface area contributed by atoms with Gasteiger partial charge in [0.05, 0.1) is 11.3 Å². The predicted octanol–water partition coefficient (Wildman–Crippen LogP) is 3.61. The number of aryl methyl sites for hydroxylation is 1. The zero-order valence-corrected chi connectivity index (χ0v) is 16.8. The number of rotatable bonds is 2. The Hall–Kier alpha value is -3.11. The number of nitrogens with two attached hydrogens (primary N) is 1. The summed E-state index contributed by atoms with van der Waals surface area (Å²) in [6.07, 6.45) is 1.37. The van der Waals surface area contributed by atoms with E-state index in [4.69, 9.17) is 28.9 Å². The Balaban J connectivity index is 1.90. The quantitative estimate of drug-likeness (QED) is 0.480. The fraction of sp³-hybridized carbons (Fsp3) is 0.0952. The lowest BCUT2D eigenvalue weighted by molar-refractivity contribution is 0.145. The molecule has 2 aromatic carbocycles. The van der Waals surface area contributed by atoms with Crippen LogP contribution in [-0.2, 0) is 5.60 Å². The summed E-state index contributed by atoms with van der Waals surface area (Å²) >= 11 is 12.0. The van der Waals surface area contributed by atoms with Gasteiger partial charge in [0.25, 0.3) is 5.78 Å². The molecular weight excluding hydrogens is 409 g/mol. The summed E-state index contributed by atoms with van der Waals surface area (Å²) in [4.78, 5) is 8.40. The summed E-state index contributed by atoms with van der Waals surface area (Å²) in [5.41, 5.74) is 6.76. The normalized spacial score (nSPS) is 11.3. The molecule has 4 aromatic rings. The fourth-order valence-corrected chi connectivity index (χ4v) is 3.23. The van der Waals surface area contributed by atoms with Crippen molar-refractivity contribution in [3.63, 3.8) is 0 Å². The highest BCUT2D eigenvalue weighted by atomic mass is 35.5. The molecule has 0 unspecified atom stereocenters. The van der Waals surface area contributed by atoms with E-state index in [1.54, 1.807) is 55.5 Å². The topological polar surface area (TPSA) is 89.3 Å². The number of hydrogen-bond donors (Lipinski definition) is 2. The number of aromatic nitrogens is 4. The molecule has 0 aliphatic heterocycles. The second-order valence-corrected chi connectivity index (χ2v) is 7.28. The van der Waals surface area contributed by atoms with E-state index in [2.05, 4.69) is 26.9 Å². The molecule has 0 atom stereocenters. The lowest BCUT2D eigenvalue weighted by atomic mass is 9.86. The van der Waals surface area contributed by atoms with Gasteiger partial charge in [0.2, 0.25) is 0 Å². The summed E-state index contributed by atoms with van der Waals surface area (Å²) in [5.74, 6) is 6.63. The zero-order chi connectivity index (χ0) is 20.6. The van der Waals surface area contributed by atoms with Gasteiger partial charge in [-0.05, 0) is 31.2 Å². The molecule has 3 N–H and O–H groups in total. The Morgan fingerprint density at radius 2 is 1.55 bits per heavy atom. The van der Waals surface area contributed by atoms with Crippen molar-refractivity contribution in [3.8, 4) is 11.8 Å². The summed E-state index contributed by atoms with van der Waals surface area (Å²) in [5, 5.41) is 16.8. The predicted molar refractivity (Wildman–Crippen MR) is 113 cm³/mol. The maximum atomic E-state index is 11.6. The second-order valence-electron chi connectivity index (χ2n) is 6.40. The van der Waals surface area contributed by atoms with Crippen LogP contribution < -0.4 is 5.73 Å². The average molecular weight is 424 g/mol. The highest BCUT2D eigenvalue weighted by molar-refractivity contribution is 6.30. The molecule has 0 spiro atoms. The fourth-order valence-electron chi connectivity index (χ4n) is 2.98. The van der Waals surface area contributed by atoms with Gasteiger partial charge < -0.3 is 10.8 Å². The first-order chi connectivity index (χ1) is 13.9. The van der Waals surface area contributed by atoms with Crippen molar-refractivity contribution in [2.75, 3.05) is 5.73 Å². The van der Waals surface area contributed by atoms with Crippen molar-refractivity contribution in [2.24, 2.45) is 0 Å². The van der Waals surface area contributed by atoms with Gasteiger partial charge in [-0.1, -0.05) is 59.3 Å². The Bertz CT molecular complexity index is 1210. The summed E-state index contributed by atoms with van der Waals surface area (Å²) in [6.45, 7) is 1.78. The van der Waals surface area contributed by atoms with Crippen molar-refractivity contribution in [1.29, 1.82) is 0 Å². The standard InChI is InChI=1S/C21H15Cl2N5O/c1-13-18(19(24)28-20(27-13)25-12-26-28)10-11-21(29,14-2-6-16(22)7-3-14)15-4-8-17(23)9-5-15/h2-9,12,29H,24H2,1H3. The van der Waals surface area contributed by atoms with E-state index >= 15 is 0 Å². The first-order valence-corrected chi connectivity index (χ1v) is 9.37. The minimum Gasteiger partial charge on any atom is -0.382 e. The van der Waals surface area contributed by atoms with Crippen LogP contribution in [0.15, 0.2) is 54.9 Å². The third kappa shape index (κ3) is 3.52. The number of anilines is 1. The van der Waals surface area contributed by atoms with Crippen LogP contribution in [0.2, 0.25) is 10.0 Å². The largest absolute Gasteiger partial charge is 0.382 e. The first kappa shape index (κ1) is 19.2. The average Bonchev–Trinajstić information content (AvgIpc) is 3.17. The molecule has 0 fully saturated rings. The molecule has 4 rings (SSSR count). The highest BCUT2D eigenvalue weighted by Crippen LogP contribution is 2.31. The van der Waals surface area contributed by atoms with E-state index in [1.807, 2.05) is 0 Å².